The third kappa shape index (κ3) is 4.50. The van der Waals surface area contributed by atoms with Crippen LogP contribution in [0, 0.1) is 0 Å². The first-order valence-electron chi connectivity index (χ1n) is 9.40. The Kier molecular flexibility index (Phi) is 7.70. The molecule has 0 spiro atoms. The van der Waals surface area contributed by atoms with Crippen LogP contribution in [0.5, 0.6) is 0 Å². The summed E-state index contributed by atoms with van der Waals surface area (Å²) in [4.78, 5) is 16.1. The van der Waals surface area contributed by atoms with Crippen LogP contribution in [-0.4, -0.2) is 63.2 Å². The Bertz CT molecular complexity index is 592. The van der Waals surface area contributed by atoms with Gasteiger partial charge in [0.05, 0.1) is 13.1 Å². The lowest BCUT2D eigenvalue weighted by Gasteiger charge is -2.31. The number of nitrogens with two attached hydrogens (primary N) is 1. The minimum atomic E-state index is 0. The molecule has 148 valence electrons. The van der Waals surface area contributed by atoms with Gasteiger partial charge in [0.15, 0.2) is 0 Å². The van der Waals surface area contributed by atoms with E-state index in [-0.39, 0.29) is 37.3 Å². The Morgan fingerprint density at radius 3 is 2.23 bits per heavy atom. The van der Waals surface area contributed by atoms with E-state index in [1.54, 1.807) is 0 Å². The summed E-state index contributed by atoms with van der Waals surface area (Å²) in [6.07, 6.45) is 7.06. The molecule has 1 saturated carbocycles. The highest BCUT2D eigenvalue weighted by molar-refractivity contribution is 5.85. The van der Waals surface area contributed by atoms with E-state index < -0.39 is 0 Å². The van der Waals surface area contributed by atoms with Gasteiger partial charge in [0, 0.05) is 25.0 Å². The van der Waals surface area contributed by atoms with E-state index in [0.29, 0.717) is 12.0 Å². The van der Waals surface area contributed by atoms with Gasteiger partial charge in [-0.3, -0.25) is 9.69 Å². The monoisotopic (exact) mass is 404 g/mol. The molecule has 3 fully saturated rings. The minimum absolute atomic E-state index is 0. The largest absolute Gasteiger partial charge is 0.342 e. The number of halogens is 2. The number of aromatic nitrogens is 3. The lowest BCUT2D eigenvalue weighted by Crippen LogP contribution is -2.41. The Hall–Kier alpha value is -0.890. The van der Waals surface area contributed by atoms with Crippen LogP contribution < -0.4 is 5.73 Å². The molecule has 0 atom stereocenters. The number of carbonyl (C=O) groups is 1. The molecule has 4 rings (SSSR count). The molecule has 0 aromatic carbocycles. The van der Waals surface area contributed by atoms with E-state index in [4.69, 9.17) is 5.73 Å². The Morgan fingerprint density at radius 2 is 1.65 bits per heavy atom. The van der Waals surface area contributed by atoms with E-state index in [0.717, 1.165) is 44.1 Å². The molecule has 3 heterocycles. The molecular weight excluding hydrogens is 375 g/mol. The van der Waals surface area contributed by atoms with Gasteiger partial charge in [0.1, 0.15) is 11.6 Å². The molecule has 7 nitrogen and oxygen atoms in total. The van der Waals surface area contributed by atoms with Crippen molar-refractivity contribution in [2.45, 2.75) is 57.0 Å². The van der Waals surface area contributed by atoms with Crippen molar-refractivity contribution in [2.75, 3.05) is 32.7 Å². The molecule has 26 heavy (non-hydrogen) atoms. The fraction of sp³-hybridized carbons (Fsp3) is 0.824. The van der Waals surface area contributed by atoms with Crippen molar-refractivity contribution in [3.8, 4) is 0 Å². The van der Waals surface area contributed by atoms with Crippen molar-refractivity contribution >= 4 is 30.7 Å². The SMILES string of the molecule is Cl.Cl.NCC(=O)N1CCC(c2nnc(CN3CCCC3)n2C2CC2)CC1. The average molecular weight is 405 g/mol. The molecule has 3 aliphatic rings. The highest BCUT2D eigenvalue weighted by atomic mass is 35.5. The quantitative estimate of drug-likeness (QED) is 0.807. The van der Waals surface area contributed by atoms with Gasteiger partial charge in [-0.2, -0.15) is 0 Å². The maximum absolute atomic E-state index is 11.8. The molecule has 1 aromatic heterocycles. The van der Waals surface area contributed by atoms with E-state index in [9.17, 15) is 4.79 Å². The van der Waals surface area contributed by atoms with Crippen LogP contribution in [0.15, 0.2) is 0 Å². The maximum Gasteiger partial charge on any atom is 0.236 e. The number of nitrogens with zero attached hydrogens (tertiary/aromatic N) is 5. The summed E-state index contributed by atoms with van der Waals surface area (Å²) in [5, 5.41) is 9.15. The Morgan fingerprint density at radius 1 is 1.00 bits per heavy atom. The number of likely N-dealkylation sites (tertiary alicyclic amines) is 2. The molecule has 0 bridgehead atoms. The summed E-state index contributed by atoms with van der Waals surface area (Å²) in [7, 11) is 0. The van der Waals surface area contributed by atoms with Crippen molar-refractivity contribution in [3.63, 3.8) is 0 Å². The molecule has 0 unspecified atom stereocenters. The number of rotatable bonds is 5. The zero-order valence-corrected chi connectivity index (χ0v) is 16.8. The van der Waals surface area contributed by atoms with Gasteiger partial charge in [-0.25, -0.2) is 0 Å². The molecule has 0 radical (unpaired) electrons. The summed E-state index contributed by atoms with van der Waals surface area (Å²) in [6.45, 7) is 5.01. The van der Waals surface area contributed by atoms with E-state index >= 15 is 0 Å². The normalized spacial score (nSPS) is 21.3. The van der Waals surface area contributed by atoms with Crippen molar-refractivity contribution in [1.29, 1.82) is 0 Å². The van der Waals surface area contributed by atoms with Crippen LogP contribution >= 0.6 is 24.8 Å². The van der Waals surface area contributed by atoms with E-state index in [1.165, 1.54) is 38.8 Å². The lowest BCUT2D eigenvalue weighted by molar-refractivity contribution is -0.130. The first kappa shape index (κ1) is 21.4. The van der Waals surface area contributed by atoms with Crippen molar-refractivity contribution < 1.29 is 4.79 Å². The summed E-state index contributed by atoms with van der Waals surface area (Å²) in [5.41, 5.74) is 5.48. The van der Waals surface area contributed by atoms with Crippen LogP contribution in [-0.2, 0) is 11.3 Å². The molecule has 9 heteroatoms. The summed E-state index contributed by atoms with van der Waals surface area (Å²) >= 11 is 0. The standard InChI is InChI=1S/C17H28N6O.2ClH/c18-11-16(24)22-9-5-13(6-10-22)17-20-19-15(23(17)14-3-4-14)12-21-7-1-2-8-21;;/h13-14H,1-12,18H2;2*1H. The van der Waals surface area contributed by atoms with Gasteiger partial charge >= 0.3 is 0 Å². The van der Waals surface area contributed by atoms with Crippen molar-refractivity contribution in [2.24, 2.45) is 5.73 Å². The topological polar surface area (TPSA) is 80.3 Å². The summed E-state index contributed by atoms with van der Waals surface area (Å²) in [6, 6.07) is 0.608. The first-order chi connectivity index (χ1) is 11.8. The van der Waals surface area contributed by atoms with Gasteiger partial charge in [0.2, 0.25) is 5.91 Å². The van der Waals surface area contributed by atoms with Crippen molar-refractivity contribution in [1.82, 2.24) is 24.6 Å². The van der Waals surface area contributed by atoms with Crippen LogP contribution in [0.1, 0.15) is 62.1 Å². The van der Waals surface area contributed by atoms with Gasteiger partial charge in [-0.05, 0) is 51.6 Å². The van der Waals surface area contributed by atoms with Crippen LogP contribution in [0.3, 0.4) is 0 Å². The summed E-state index contributed by atoms with van der Waals surface area (Å²) in [5.74, 6) is 2.79. The predicted molar refractivity (Wildman–Crippen MR) is 105 cm³/mol. The fourth-order valence-corrected chi connectivity index (χ4v) is 4.11. The van der Waals surface area contributed by atoms with Gasteiger partial charge in [-0.1, -0.05) is 0 Å². The second-order valence-corrected chi connectivity index (χ2v) is 7.42. The zero-order chi connectivity index (χ0) is 16.5. The number of carbonyl (C=O) groups excluding carboxylic acids is 1. The number of amides is 1. The number of hydrogen-bond donors (Lipinski definition) is 1. The first-order valence-corrected chi connectivity index (χ1v) is 9.40. The van der Waals surface area contributed by atoms with Gasteiger partial charge in [-0.15, -0.1) is 35.0 Å². The number of piperidine rings is 1. The predicted octanol–water partition coefficient (Wildman–Crippen LogP) is 1.72. The van der Waals surface area contributed by atoms with E-state index in [1.807, 2.05) is 4.90 Å². The molecule has 1 aromatic rings. The average Bonchev–Trinajstić information content (AvgIpc) is 3.16. The third-order valence-electron chi connectivity index (χ3n) is 5.66. The second kappa shape index (κ2) is 9.35. The molecule has 1 amide bonds. The zero-order valence-electron chi connectivity index (χ0n) is 15.2. The highest BCUT2D eigenvalue weighted by Crippen LogP contribution is 2.40. The van der Waals surface area contributed by atoms with Crippen LogP contribution in [0.4, 0.5) is 0 Å². The van der Waals surface area contributed by atoms with Crippen molar-refractivity contribution in [3.05, 3.63) is 11.6 Å². The van der Waals surface area contributed by atoms with Gasteiger partial charge < -0.3 is 15.2 Å². The maximum atomic E-state index is 11.8. The summed E-state index contributed by atoms with van der Waals surface area (Å²) < 4.78 is 2.43. The Balaban J connectivity index is 0.00000121. The lowest BCUT2D eigenvalue weighted by atomic mass is 9.95. The van der Waals surface area contributed by atoms with Crippen LogP contribution in [0.2, 0.25) is 0 Å². The smallest absolute Gasteiger partial charge is 0.236 e. The minimum Gasteiger partial charge on any atom is -0.342 e. The molecular formula is C17H30Cl2N6O. The van der Waals surface area contributed by atoms with Gasteiger partial charge in [0.25, 0.3) is 0 Å². The Labute approximate surface area is 167 Å². The highest BCUT2D eigenvalue weighted by Gasteiger charge is 2.34. The molecule has 2 aliphatic heterocycles. The molecule has 1 aliphatic carbocycles. The van der Waals surface area contributed by atoms with Crippen LogP contribution in [0.25, 0.3) is 0 Å². The molecule has 2 N–H and O–H groups in total. The second-order valence-electron chi connectivity index (χ2n) is 7.42. The third-order valence-corrected chi connectivity index (χ3v) is 5.66. The number of hydrogen-bond acceptors (Lipinski definition) is 5. The van der Waals surface area contributed by atoms with E-state index in [2.05, 4.69) is 19.7 Å². The molecule has 2 saturated heterocycles. The fourth-order valence-electron chi connectivity index (χ4n) is 4.11.